The maximum atomic E-state index is 12.6. The Bertz CT molecular complexity index is 808. The molecule has 0 fully saturated rings. The molecule has 1 aromatic carbocycles. The molecule has 0 unspecified atom stereocenters. The van der Waals surface area contributed by atoms with Gasteiger partial charge in [0.15, 0.2) is 0 Å². The van der Waals surface area contributed by atoms with E-state index in [9.17, 15) is 4.79 Å². The Morgan fingerprint density at radius 1 is 1.10 bits per heavy atom. The number of benzene rings is 1. The Balaban J connectivity index is 2.05. The molecule has 0 aliphatic rings. The van der Waals surface area contributed by atoms with Crippen molar-refractivity contribution >= 4 is 16.8 Å². The summed E-state index contributed by atoms with van der Waals surface area (Å²) in [6.45, 7) is 0. The standard InChI is InChI=1S/C16H14N2O3/c1-20-14-6-4-3-5-10(14)16(19)13-9-12-11(17-13)7-8-15(18-12)21-2/h3-9,17H,1-2H3. The Kier molecular flexibility index (Phi) is 3.31. The maximum Gasteiger partial charge on any atom is 0.213 e. The molecule has 21 heavy (non-hydrogen) atoms. The van der Waals surface area contributed by atoms with Crippen molar-refractivity contribution in [3.8, 4) is 11.6 Å². The van der Waals surface area contributed by atoms with Crippen molar-refractivity contribution in [3.63, 3.8) is 0 Å². The molecule has 5 nitrogen and oxygen atoms in total. The van der Waals surface area contributed by atoms with Gasteiger partial charge in [0, 0.05) is 6.07 Å². The second-order valence-corrected chi connectivity index (χ2v) is 4.50. The first kappa shape index (κ1) is 13.2. The first-order chi connectivity index (χ1) is 10.2. The van der Waals surface area contributed by atoms with Gasteiger partial charge in [0.25, 0.3) is 0 Å². The number of para-hydroxylation sites is 1. The summed E-state index contributed by atoms with van der Waals surface area (Å²) in [6.07, 6.45) is 0. The highest BCUT2D eigenvalue weighted by molar-refractivity contribution is 6.11. The van der Waals surface area contributed by atoms with E-state index in [1.54, 1.807) is 44.6 Å². The predicted octanol–water partition coefficient (Wildman–Crippen LogP) is 2.81. The van der Waals surface area contributed by atoms with Crippen molar-refractivity contribution in [2.24, 2.45) is 0 Å². The molecule has 0 saturated carbocycles. The molecular weight excluding hydrogens is 268 g/mol. The normalized spacial score (nSPS) is 10.6. The number of methoxy groups -OCH3 is 2. The van der Waals surface area contributed by atoms with Crippen LogP contribution >= 0.6 is 0 Å². The zero-order valence-corrected chi connectivity index (χ0v) is 11.7. The van der Waals surface area contributed by atoms with Gasteiger partial charge in [-0.05, 0) is 24.3 Å². The summed E-state index contributed by atoms with van der Waals surface area (Å²) in [5.74, 6) is 0.925. The van der Waals surface area contributed by atoms with Crippen LogP contribution in [0.3, 0.4) is 0 Å². The van der Waals surface area contributed by atoms with Gasteiger partial charge in [0.05, 0.1) is 36.5 Å². The van der Waals surface area contributed by atoms with Gasteiger partial charge in [-0.3, -0.25) is 4.79 Å². The minimum Gasteiger partial charge on any atom is -0.496 e. The number of carbonyl (C=O) groups excluding carboxylic acids is 1. The largest absolute Gasteiger partial charge is 0.496 e. The second-order valence-electron chi connectivity index (χ2n) is 4.50. The minimum atomic E-state index is -0.135. The minimum absolute atomic E-state index is 0.135. The van der Waals surface area contributed by atoms with E-state index in [2.05, 4.69) is 9.97 Å². The first-order valence-electron chi connectivity index (χ1n) is 6.44. The number of rotatable bonds is 4. The quantitative estimate of drug-likeness (QED) is 0.747. The van der Waals surface area contributed by atoms with Gasteiger partial charge in [-0.2, -0.15) is 0 Å². The fraction of sp³-hybridized carbons (Fsp3) is 0.125. The SMILES string of the molecule is COc1ccc2[nH]c(C(=O)c3ccccc3OC)cc2n1. The summed E-state index contributed by atoms with van der Waals surface area (Å²) in [4.78, 5) is 19.9. The summed E-state index contributed by atoms with van der Waals surface area (Å²) in [6, 6.07) is 12.4. The maximum absolute atomic E-state index is 12.6. The number of aromatic nitrogens is 2. The van der Waals surface area contributed by atoms with E-state index < -0.39 is 0 Å². The van der Waals surface area contributed by atoms with Crippen molar-refractivity contribution < 1.29 is 14.3 Å². The lowest BCUT2D eigenvalue weighted by molar-refractivity contribution is 0.103. The van der Waals surface area contributed by atoms with Crippen molar-refractivity contribution in [3.05, 3.63) is 53.7 Å². The van der Waals surface area contributed by atoms with Crippen LogP contribution in [-0.4, -0.2) is 30.0 Å². The summed E-state index contributed by atoms with van der Waals surface area (Å²) in [5.41, 5.74) is 2.45. The number of H-pyrrole nitrogens is 1. The molecule has 2 aromatic heterocycles. The monoisotopic (exact) mass is 282 g/mol. The van der Waals surface area contributed by atoms with Gasteiger partial charge in [0.2, 0.25) is 11.7 Å². The molecule has 0 bridgehead atoms. The van der Waals surface area contributed by atoms with E-state index in [-0.39, 0.29) is 5.78 Å². The van der Waals surface area contributed by atoms with Crippen molar-refractivity contribution in [1.82, 2.24) is 9.97 Å². The number of fused-ring (bicyclic) bond motifs is 1. The van der Waals surface area contributed by atoms with E-state index in [1.165, 1.54) is 0 Å². The summed E-state index contributed by atoms with van der Waals surface area (Å²) in [7, 11) is 3.10. The highest BCUT2D eigenvalue weighted by atomic mass is 16.5. The number of carbonyl (C=O) groups is 1. The number of hydrogen-bond acceptors (Lipinski definition) is 4. The molecule has 3 rings (SSSR count). The highest BCUT2D eigenvalue weighted by Gasteiger charge is 2.16. The Hall–Kier alpha value is -2.82. The van der Waals surface area contributed by atoms with Gasteiger partial charge in [-0.25, -0.2) is 4.98 Å². The summed E-state index contributed by atoms with van der Waals surface area (Å²) in [5, 5.41) is 0. The zero-order valence-electron chi connectivity index (χ0n) is 11.7. The third-order valence-electron chi connectivity index (χ3n) is 3.25. The summed E-state index contributed by atoms with van der Waals surface area (Å²) < 4.78 is 10.3. The van der Waals surface area contributed by atoms with Crippen LogP contribution in [0.1, 0.15) is 16.1 Å². The van der Waals surface area contributed by atoms with Crippen LogP contribution in [0.5, 0.6) is 11.6 Å². The molecule has 106 valence electrons. The fourth-order valence-electron chi connectivity index (χ4n) is 2.20. The van der Waals surface area contributed by atoms with Crippen LogP contribution in [-0.2, 0) is 0 Å². The van der Waals surface area contributed by atoms with E-state index >= 15 is 0 Å². The molecule has 0 spiro atoms. The molecular formula is C16H14N2O3. The van der Waals surface area contributed by atoms with Gasteiger partial charge in [-0.15, -0.1) is 0 Å². The number of pyridine rings is 1. The molecule has 1 N–H and O–H groups in total. The van der Waals surface area contributed by atoms with Crippen molar-refractivity contribution in [1.29, 1.82) is 0 Å². The highest BCUT2D eigenvalue weighted by Crippen LogP contribution is 2.23. The van der Waals surface area contributed by atoms with Crippen LogP contribution in [0.25, 0.3) is 11.0 Å². The van der Waals surface area contributed by atoms with E-state index in [0.29, 0.717) is 28.4 Å². The molecule has 2 heterocycles. The van der Waals surface area contributed by atoms with E-state index in [1.807, 2.05) is 12.1 Å². The number of nitrogens with one attached hydrogen (secondary N) is 1. The average molecular weight is 282 g/mol. The topological polar surface area (TPSA) is 64.2 Å². The zero-order chi connectivity index (χ0) is 14.8. The third kappa shape index (κ3) is 2.33. The van der Waals surface area contributed by atoms with Crippen LogP contribution in [0.2, 0.25) is 0 Å². The van der Waals surface area contributed by atoms with E-state index in [4.69, 9.17) is 9.47 Å². The first-order valence-corrected chi connectivity index (χ1v) is 6.44. The Morgan fingerprint density at radius 2 is 1.90 bits per heavy atom. The third-order valence-corrected chi connectivity index (χ3v) is 3.25. The number of aromatic amines is 1. The molecule has 0 saturated heterocycles. The predicted molar refractivity (Wildman–Crippen MR) is 79.1 cm³/mol. The second kappa shape index (κ2) is 5.28. The number of nitrogens with zero attached hydrogens (tertiary/aromatic N) is 1. The van der Waals surface area contributed by atoms with Crippen molar-refractivity contribution in [2.45, 2.75) is 0 Å². The van der Waals surface area contributed by atoms with Gasteiger partial charge in [0.1, 0.15) is 5.75 Å². The molecule has 3 aromatic rings. The molecule has 0 atom stereocenters. The smallest absolute Gasteiger partial charge is 0.213 e. The van der Waals surface area contributed by atoms with Crippen molar-refractivity contribution in [2.75, 3.05) is 14.2 Å². The van der Waals surface area contributed by atoms with Gasteiger partial charge in [-0.1, -0.05) is 12.1 Å². The lowest BCUT2D eigenvalue weighted by atomic mass is 10.1. The molecule has 0 aliphatic carbocycles. The average Bonchev–Trinajstić information content (AvgIpc) is 2.96. The van der Waals surface area contributed by atoms with Crippen LogP contribution in [0.15, 0.2) is 42.5 Å². The van der Waals surface area contributed by atoms with E-state index in [0.717, 1.165) is 5.52 Å². The number of hydrogen-bond donors (Lipinski definition) is 1. The van der Waals surface area contributed by atoms with Gasteiger partial charge >= 0.3 is 0 Å². The molecule has 0 aliphatic heterocycles. The lowest BCUT2D eigenvalue weighted by Crippen LogP contribution is -2.03. The lowest BCUT2D eigenvalue weighted by Gasteiger charge is -2.05. The molecule has 0 amide bonds. The van der Waals surface area contributed by atoms with Crippen LogP contribution < -0.4 is 9.47 Å². The van der Waals surface area contributed by atoms with Crippen LogP contribution in [0.4, 0.5) is 0 Å². The number of ketones is 1. The summed E-state index contributed by atoms with van der Waals surface area (Å²) >= 11 is 0. The molecule has 5 heteroatoms. The van der Waals surface area contributed by atoms with Gasteiger partial charge < -0.3 is 14.5 Å². The Morgan fingerprint density at radius 3 is 2.67 bits per heavy atom. The van der Waals surface area contributed by atoms with Crippen LogP contribution in [0, 0.1) is 0 Å². The molecule has 0 radical (unpaired) electrons. The Labute approximate surface area is 121 Å². The number of ether oxygens (including phenoxy) is 2. The fourth-order valence-corrected chi connectivity index (χ4v) is 2.20.